The van der Waals surface area contributed by atoms with Gasteiger partial charge >= 0.3 is 0 Å². The van der Waals surface area contributed by atoms with Gasteiger partial charge < -0.3 is 20.9 Å². The Hall–Kier alpha value is -1.53. The molecule has 24 heavy (non-hydrogen) atoms. The molecule has 0 atom stereocenters. The molecular formula is C17H27ClN4O2. The highest BCUT2D eigenvalue weighted by Crippen LogP contribution is 2.18. The van der Waals surface area contributed by atoms with E-state index in [4.69, 9.17) is 17.3 Å². The van der Waals surface area contributed by atoms with Crippen LogP contribution in [0.25, 0.3) is 0 Å². The maximum absolute atomic E-state index is 12.2. The molecule has 1 aliphatic heterocycles. The van der Waals surface area contributed by atoms with Crippen molar-refractivity contribution in [3.8, 4) is 0 Å². The minimum Gasteiger partial charge on any atom is -0.384 e. The number of nitrogens with two attached hydrogens (primary N) is 1. The first-order valence-corrected chi connectivity index (χ1v) is 9.08. The molecule has 0 saturated carbocycles. The van der Waals surface area contributed by atoms with Crippen LogP contribution in [0.4, 0.5) is 5.82 Å². The second kappa shape index (κ2) is 9.08. The maximum atomic E-state index is 12.2. The lowest BCUT2D eigenvalue weighted by Crippen LogP contribution is -2.39. The van der Waals surface area contributed by atoms with Crippen molar-refractivity contribution >= 4 is 23.3 Å². The van der Waals surface area contributed by atoms with Crippen LogP contribution in [0.15, 0.2) is 10.9 Å². The first-order valence-electron chi connectivity index (χ1n) is 8.70. The molecule has 0 bridgehead atoms. The van der Waals surface area contributed by atoms with E-state index in [9.17, 15) is 9.59 Å². The molecule has 0 aliphatic carbocycles. The molecule has 7 heteroatoms. The second-order valence-electron chi connectivity index (χ2n) is 6.48. The van der Waals surface area contributed by atoms with Crippen LogP contribution in [-0.2, 0) is 0 Å². The fourth-order valence-electron chi connectivity index (χ4n) is 3.02. The second-order valence-corrected chi connectivity index (χ2v) is 6.88. The number of carbonyl (C=O) groups is 1. The molecule has 0 unspecified atom stereocenters. The molecule has 1 aliphatic rings. The molecule has 4 N–H and O–H groups in total. The maximum Gasteiger partial charge on any atom is 0.262 e. The minimum absolute atomic E-state index is 0.00574. The van der Waals surface area contributed by atoms with Crippen LogP contribution in [0.3, 0.4) is 0 Å². The van der Waals surface area contributed by atoms with Crippen LogP contribution in [0, 0.1) is 5.92 Å². The number of nitrogens with zero attached hydrogens (tertiary/aromatic N) is 1. The Balaban J connectivity index is 1.77. The summed E-state index contributed by atoms with van der Waals surface area (Å²) in [5.74, 6) is 0.136. The molecule has 134 valence electrons. The van der Waals surface area contributed by atoms with Gasteiger partial charge in [0, 0.05) is 6.54 Å². The summed E-state index contributed by atoms with van der Waals surface area (Å²) in [5.41, 5.74) is 5.01. The highest BCUT2D eigenvalue weighted by Gasteiger charge is 2.20. The van der Waals surface area contributed by atoms with E-state index < -0.39 is 11.5 Å². The van der Waals surface area contributed by atoms with Crippen molar-refractivity contribution in [2.24, 2.45) is 5.92 Å². The molecule has 6 nitrogen and oxygen atoms in total. The van der Waals surface area contributed by atoms with Gasteiger partial charge in [-0.3, -0.25) is 9.59 Å². The fourth-order valence-corrected chi connectivity index (χ4v) is 3.18. The van der Waals surface area contributed by atoms with E-state index in [1.807, 2.05) is 0 Å². The molecule has 1 saturated heterocycles. The number of piperidine rings is 1. The standard InChI is InChI=1S/C17H27ClN4O2/c1-2-3-4-7-22-8-5-12(6-9-22)11-20-16(23)13-10-14(18)15(19)21-17(13)24/h10,12H,2-9,11H2,1H3,(H,20,23)(H3,19,21,24). The van der Waals surface area contributed by atoms with E-state index in [1.165, 1.54) is 31.9 Å². The lowest BCUT2D eigenvalue weighted by molar-refractivity contribution is 0.0934. The van der Waals surface area contributed by atoms with Crippen molar-refractivity contribution in [2.45, 2.75) is 39.0 Å². The zero-order chi connectivity index (χ0) is 17.5. The third kappa shape index (κ3) is 5.24. The average Bonchev–Trinajstić information content (AvgIpc) is 2.57. The van der Waals surface area contributed by atoms with Gasteiger partial charge in [-0.2, -0.15) is 0 Å². The number of H-pyrrole nitrogens is 1. The summed E-state index contributed by atoms with van der Waals surface area (Å²) in [5, 5.41) is 3.03. The van der Waals surface area contributed by atoms with Gasteiger partial charge in [-0.05, 0) is 50.9 Å². The van der Waals surface area contributed by atoms with Gasteiger partial charge in [0.05, 0.1) is 5.02 Å². The number of unbranched alkanes of at least 4 members (excludes halogenated alkanes) is 2. The predicted octanol–water partition coefficient (Wildman–Crippen LogP) is 2.24. The van der Waals surface area contributed by atoms with Crippen molar-refractivity contribution in [1.29, 1.82) is 0 Å². The van der Waals surface area contributed by atoms with Crippen molar-refractivity contribution in [3.05, 3.63) is 27.0 Å². The number of rotatable bonds is 7. The quantitative estimate of drug-likeness (QED) is 0.655. The Morgan fingerprint density at radius 1 is 1.42 bits per heavy atom. The highest BCUT2D eigenvalue weighted by molar-refractivity contribution is 6.33. The van der Waals surface area contributed by atoms with E-state index in [0.29, 0.717) is 12.5 Å². The minimum atomic E-state index is -0.514. The summed E-state index contributed by atoms with van der Waals surface area (Å²) in [4.78, 5) is 28.8. The number of anilines is 1. The summed E-state index contributed by atoms with van der Waals surface area (Å²) in [7, 11) is 0. The number of nitrogens with one attached hydrogen (secondary N) is 2. The molecule has 0 aromatic carbocycles. The Morgan fingerprint density at radius 3 is 2.79 bits per heavy atom. The largest absolute Gasteiger partial charge is 0.384 e. The number of aromatic nitrogens is 1. The monoisotopic (exact) mass is 354 g/mol. The van der Waals surface area contributed by atoms with Crippen LogP contribution in [0.2, 0.25) is 5.02 Å². The highest BCUT2D eigenvalue weighted by atomic mass is 35.5. The first kappa shape index (κ1) is 18.8. The first-order chi connectivity index (χ1) is 11.5. The lowest BCUT2D eigenvalue weighted by atomic mass is 9.96. The van der Waals surface area contributed by atoms with E-state index in [2.05, 4.69) is 22.1 Å². The normalized spacial score (nSPS) is 16.2. The predicted molar refractivity (Wildman–Crippen MR) is 97.5 cm³/mol. The number of hydrogen-bond donors (Lipinski definition) is 3. The number of amides is 1. The molecule has 2 rings (SSSR count). The van der Waals surface area contributed by atoms with Crippen LogP contribution in [0.1, 0.15) is 49.4 Å². The van der Waals surface area contributed by atoms with Crippen molar-refractivity contribution < 1.29 is 4.79 Å². The summed E-state index contributed by atoms with van der Waals surface area (Å²) in [6, 6.07) is 1.32. The molecule has 1 aromatic heterocycles. The van der Waals surface area contributed by atoms with E-state index in [1.54, 1.807) is 0 Å². The van der Waals surface area contributed by atoms with Gasteiger partial charge in [-0.15, -0.1) is 0 Å². The van der Waals surface area contributed by atoms with Crippen LogP contribution in [0.5, 0.6) is 0 Å². The van der Waals surface area contributed by atoms with Gasteiger partial charge in [0.15, 0.2) is 0 Å². The molecular weight excluding hydrogens is 328 g/mol. The average molecular weight is 355 g/mol. The van der Waals surface area contributed by atoms with Crippen molar-refractivity contribution in [2.75, 3.05) is 31.9 Å². The van der Waals surface area contributed by atoms with Gasteiger partial charge in [0.25, 0.3) is 11.5 Å². The fraction of sp³-hybridized carbons (Fsp3) is 0.647. The lowest BCUT2D eigenvalue weighted by Gasteiger charge is -2.32. The van der Waals surface area contributed by atoms with Gasteiger partial charge in [-0.1, -0.05) is 31.4 Å². The molecule has 0 radical (unpaired) electrons. The van der Waals surface area contributed by atoms with E-state index >= 15 is 0 Å². The van der Waals surface area contributed by atoms with Crippen LogP contribution >= 0.6 is 11.6 Å². The van der Waals surface area contributed by atoms with E-state index in [0.717, 1.165) is 25.9 Å². The van der Waals surface area contributed by atoms with Crippen molar-refractivity contribution in [3.63, 3.8) is 0 Å². The Labute approximate surface area is 147 Å². The van der Waals surface area contributed by atoms with Gasteiger partial charge in [-0.25, -0.2) is 0 Å². The molecule has 0 spiro atoms. The Bertz CT molecular complexity index is 609. The number of halogens is 1. The van der Waals surface area contributed by atoms with Crippen molar-refractivity contribution in [1.82, 2.24) is 15.2 Å². The van der Waals surface area contributed by atoms with Gasteiger partial charge in [0.2, 0.25) is 0 Å². The molecule has 1 amide bonds. The number of hydrogen-bond acceptors (Lipinski definition) is 4. The van der Waals surface area contributed by atoms with E-state index in [-0.39, 0.29) is 16.4 Å². The van der Waals surface area contributed by atoms with Gasteiger partial charge in [0.1, 0.15) is 11.4 Å². The summed E-state index contributed by atoms with van der Waals surface area (Å²) < 4.78 is 0. The topological polar surface area (TPSA) is 91.2 Å². The number of carbonyl (C=O) groups excluding carboxylic acids is 1. The summed E-state index contributed by atoms with van der Waals surface area (Å²) in [6.07, 6.45) is 5.94. The zero-order valence-corrected chi connectivity index (χ0v) is 15.0. The van der Waals surface area contributed by atoms with Crippen LogP contribution < -0.4 is 16.6 Å². The summed E-state index contributed by atoms with van der Waals surface area (Å²) in [6.45, 7) is 6.14. The summed E-state index contributed by atoms with van der Waals surface area (Å²) >= 11 is 5.87. The van der Waals surface area contributed by atoms with Crippen LogP contribution in [-0.4, -0.2) is 42.0 Å². The Morgan fingerprint density at radius 2 is 2.12 bits per heavy atom. The molecule has 1 fully saturated rings. The number of aromatic amines is 1. The smallest absolute Gasteiger partial charge is 0.262 e. The Kier molecular flexibility index (Phi) is 7.12. The molecule has 2 heterocycles. The third-order valence-electron chi connectivity index (χ3n) is 4.60. The zero-order valence-electron chi connectivity index (χ0n) is 14.2. The SMILES string of the molecule is CCCCCN1CCC(CNC(=O)c2cc(Cl)c(N)[nH]c2=O)CC1. The number of nitrogen functional groups attached to an aromatic ring is 1. The number of pyridine rings is 1. The third-order valence-corrected chi connectivity index (χ3v) is 4.91. The number of likely N-dealkylation sites (tertiary alicyclic amines) is 1. The molecule has 1 aromatic rings.